The predicted octanol–water partition coefficient (Wildman–Crippen LogP) is 2.03. The van der Waals surface area contributed by atoms with Gasteiger partial charge in [-0.2, -0.15) is 0 Å². The molecule has 112 valence electrons. The van der Waals surface area contributed by atoms with Crippen LogP contribution in [-0.2, 0) is 19.4 Å². The number of sulfone groups is 1. The number of oxazole rings is 1. The van der Waals surface area contributed by atoms with Gasteiger partial charge in [0, 0.05) is 6.42 Å². The van der Waals surface area contributed by atoms with Gasteiger partial charge in [0.1, 0.15) is 10.8 Å². The molecule has 1 aliphatic rings. The Bertz CT molecular complexity index is 796. The second-order valence-electron chi connectivity index (χ2n) is 4.58. The molecule has 8 heteroatoms. The van der Waals surface area contributed by atoms with Crippen molar-refractivity contribution in [2.24, 2.45) is 0 Å². The molecule has 2 heterocycles. The molecule has 0 amide bonds. The highest BCUT2D eigenvalue weighted by atomic mass is 32.2. The molecule has 0 aliphatic carbocycles. The first-order valence-electron chi connectivity index (χ1n) is 6.46. The maximum atomic E-state index is 11.8. The average molecular weight is 327 g/mol. The molecule has 1 saturated heterocycles. The van der Waals surface area contributed by atoms with E-state index < -0.39 is 9.84 Å². The van der Waals surface area contributed by atoms with Gasteiger partial charge in [0.05, 0.1) is 17.3 Å². The number of fused-ring (bicyclic) bond motifs is 1. The third-order valence-electron chi connectivity index (χ3n) is 3.21. The van der Waals surface area contributed by atoms with E-state index >= 15 is 0 Å². The van der Waals surface area contributed by atoms with Crippen LogP contribution >= 0.6 is 11.8 Å². The molecule has 1 aromatic carbocycles. The Morgan fingerprint density at radius 2 is 2.24 bits per heavy atom. The quantitative estimate of drug-likeness (QED) is 0.794. The summed E-state index contributed by atoms with van der Waals surface area (Å²) in [4.78, 5) is 15.9. The van der Waals surface area contributed by atoms with E-state index in [4.69, 9.17) is 9.15 Å². The number of rotatable bonds is 4. The lowest BCUT2D eigenvalue weighted by molar-refractivity contribution is -0.137. The number of hydrogen-bond acceptors (Lipinski definition) is 7. The molecule has 0 radical (unpaired) electrons. The fraction of sp³-hybridized carbons (Fsp3) is 0.385. The molecule has 1 atom stereocenters. The molecular formula is C13H13NO5S2. The second-order valence-corrected chi connectivity index (χ2v) is 8.01. The normalized spacial score (nSPS) is 19.1. The summed E-state index contributed by atoms with van der Waals surface area (Å²) < 4.78 is 34.1. The topological polar surface area (TPSA) is 86.5 Å². The van der Waals surface area contributed by atoms with E-state index in [-0.39, 0.29) is 21.9 Å². The van der Waals surface area contributed by atoms with Gasteiger partial charge in [-0.15, -0.1) is 0 Å². The number of carbonyl (C=O) groups is 1. The van der Waals surface area contributed by atoms with Crippen LogP contribution in [-0.4, -0.2) is 37.0 Å². The third-order valence-corrected chi connectivity index (χ3v) is 6.03. The van der Waals surface area contributed by atoms with E-state index in [1.54, 1.807) is 13.0 Å². The van der Waals surface area contributed by atoms with Gasteiger partial charge < -0.3 is 9.15 Å². The van der Waals surface area contributed by atoms with Gasteiger partial charge >= 0.3 is 5.97 Å². The van der Waals surface area contributed by atoms with E-state index in [1.165, 1.54) is 23.9 Å². The molecule has 2 aromatic rings. The summed E-state index contributed by atoms with van der Waals surface area (Å²) in [7, 11) is -3.27. The van der Waals surface area contributed by atoms with E-state index in [1.807, 2.05) is 0 Å². The number of esters is 1. The van der Waals surface area contributed by atoms with Crippen LogP contribution in [0.5, 0.6) is 0 Å². The van der Waals surface area contributed by atoms with Gasteiger partial charge in [-0.1, -0.05) is 18.7 Å². The van der Waals surface area contributed by atoms with E-state index in [2.05, 4.69) is 4.98 Å². The summed E-state index contributed by atoms with van der Waals surface area (Å²) in [6, 6.07) is 4.58. The lowest BCUT2D eigenvalue weighted by Crippen LogP contribution is -2.09. The van der Waals surface area contributed by atoms with E-state index in [9.17, 15) is 13.2 Å². The molecule has 0 N–H and O–H groups in total. The second kappa shape index (κ2) is 5.34. The number of cyclic esters (lactones) is 1. The Balaban J connectivity index is 1.91. The molecule has 21 heavy (non-hydrogen) atoms. The third kappa shape index (κ3) is 2.77. The number of carbonyl (C=O) groups excluding carboxylic acids is 1. The first-order chi connectivity index (χ1) is 9.99. The van der Waals surface area contributed by atoms with E-state index in [0.717, 1.165) is 0 Å². The summed E-state index contributed by atoms with van der Waals surface area (Å²) >= 11 is 1.20. The zero-order valence-corrected chi connectivity index (χ0v) is 12.9. The minimum atomic E-state index is -3.27. The average Bonchev–Trinajstić information content (AvgIpc) is 3.04. The van der Waals surface area contributed by atoms with Crippen molar-refractivity contribution in [3.05, 3.63) is 18.2 Å². The van der Waals surface area contributed by atoms with Crippen LogP contribution in [0.1, 0.15) is 13.3 Å². The Labute approximate surface area is 125 Å². The fourth-order valence-corrected chi connectivity index (χ4v) is 3.81. The van der Waals surface area contributed by atoms with Crippen molar-refractivity contribution in [3.8, 4) is 0 Å². The molecule has 3 rings (SSSR count). The molecule has 1 fully saturated rings. The van der Waals surface area contributed by atoms with Crippen molar-refractivity contribution in [3.63, 3.8) is 0 Å². The minimum absolute atomic E-state index is 0.0336. The Hall–Kier alpha value is -1.54. The number of aromatic nitrogens is 1. The predicted molar refractivity (Wildman–Crippen MR) is 77.0 cm³/mol. The Morgan fingerprint density at radius 1 is 1.43 bits per heavy atom. The van der Waals surface area contributed by atoms with Crippen LogP contribution in [0.25, 0.3) is 11.1 Å². The van der Waals surface area contributed by atoms with Crippen molar-refractivity contribution in [2.45, 2.75) is 28.7 Å². The number of ether oxygens (including phenoxy) is 1. The lowest BCUT2D eigenvalue weighted by Gasteiger charge is -1.99. The molecule has 1 aliphatic heterocycles. The van der Waals surface area contributed by atoms with Crippen LogP contribution < -0.4 is 0 Å². The molecule has 1 aromatic heterocycles. The van der Waals surface area contributed by atoms with Gasteiger partial charge in [-0.3, -0.25) is 4.79 Å². The van der Waals surface area contributed by atoms with Crippen LogP contribution in [0.15, 0.2) is 32.7 Å². The SMILES string of the molecule is CCS(=O)(=O)c1ccc2oc(SC3CCOC3=O)nc2c1. The van der Waals surface area contributed by atoms with Crippen molar-refractivity contribution in [1.82, 2.24) is 4.98 Å². The molecule has 6 nitrogen and oxygen atoms in total. The van der Waals surface area contributed by atoms with Crippen molar-refractivity contribution in [1.29, 1.82) is 0 Å². The molecule has 0 saturated carbocycles. The van der Waals surface area contributed by atoms with Crippen LogP contribution in [0.3, 0.4) is 0 Å². The number of benzene rings is 1. The zero-order valence-electron chi connectivity index (χ0n) is 11.2. The van der Waals surface area contributed by atoms with Crippen LogP contribution in [0.2, 0.25) is 0 Å². The van der Waals surface area contributed by atoms with Gasteiger partial charge in [0.15, 0.2) is 15.4 Å². The first kappa shape index (κ1) is 14.4. The molecule has 0 bridgehead atoms. The molecule has 1 unspecified atom stereocenters. The summed E-state index contributed by atoms with van der Waals surface area (Å²) in [5.74, 6) is -0.234. The number of thioether (sulfide) groups is 1. The Kier molecular flexibility index (Phi) is 3.66. The van der Waals surface area contributed by atoms with Gasteiger partial charge in [-0.25, -0.2) is 13.4 Å². The standard InChI is InChI=1S/C13H13NO5S2/c1-2-21(16,17)8-3-4-10-9(7-8)14-13(19-10)20-11-5-6-18-12(11)15/h3-4,7,11H,2,5-6H2,1H3. The summed E-state index contributed by atoms with van der Waals surface area (Å²) in [5, 5.41) is 0.0387. The van der Waals surface area contributed by atoms with Gasteiger partial charge in [-0.05, 0) is 18.2 Å². The first-order valence-corrected chi connectivity index (χ1v) is 8.99. The van der Waals surface area contributed by atoms with E-state index in [0.29, 0.717) is 29.4 Å². The van der Waals surface area contributed by atoms with Crippen molar-refractivity contribution >= 4 is 38.7 Å². The highest BCUT2D eigenvalue weighted by Gasteiger charge is 2.29. The summed E-state index contributed by atoms with van der Waals surface area (Å²) in [5.41, 5.74) is 0.970. The fourth-order valence-electron chi connectivity index (χ4n) is 2.00. The summed E-state index contributed by atoms with van der Waals surface area (Å²) in [6.07, 6.45) is 0.623. The maximum Gasteiger partial charge on any atom is 0.319 e. The highest BCUT2D eigenvalue weighted by molar-refractivity contribution is 8.00. The Morgan fingerprint density at radius 3 is 2.90 bits per heavy atom. The van der Waals surface area contributed by atoms with Crippen molar-refractivity contribution in [2.75, 3.05) is 12.4 Å². The largest absolute Gasteiger partial charge is 0.465 e. The van der Waals surface area contributed by atoms with Gasteiger partial charge in [0.2, 0.25) is 0 Å². The smallest absolute Gasteiger partial charge is 0.319 e. The van der Waals surface area contributed by atoms with Crippen molar-refractivity contribution < 1.29 is 22.4 Å². The monoisotopic (exact) mass is 327 g/mol. The van der Waals surface area contributed by atoms with Crippen LogP contribution in [0.4, 0.5) is 0 Å². The molecule has 0 spiro atoms. The zero-order chi connectivity index (χ0) is 15.0. The lowest BCUT2D eigenvalue weighted by atomic mass is 10.3. The number of nitrogens with zero attached hydrogens (tertiary/aromatic N) is 1. The molecular weight excluding hydrogens is 314 g/mol. The summed E-state index contributed by atoms with van der Waals surface area (Å²) in [6.45, 7) is 2.00. The van der Waals surface area contributed by atoms with Gasteiger partial charge in [0.25, 0.3) is 5.22 Å². The van der Waals surface area contributed by atoms with Crippen LogP contribution in [0, 0.1) is 0 Å². The highest BCUT2D eigenvalue weighted by Crippen LogP contribution is 2.31. The number of hydrogen-bond donors (Lipinski definition) is 0. The minimum Gasteiger partial charge on any atom is -0.465 e. The maximum absolute atomic E-state index is 11.8.